The third-order valence-electron chi connectivity index (χ3n) is 3.71. The largest absolute Gasteiger partial charge is 0.327 e. The molecule has 0 heterocycles. The summed E-state index contributed by atoms with van der Waals surface area (Å²) in [6.45, 7) is 3.83. The second kappa shape index (κ2) is 4.38. The first-order valence-corrected chi connectivity index (χ1v) is 5.95. The summed E-state index contributed by atoms with van der Waals surface area (Å²) in [6.07, 6.45) is 1.70. The molecule has 0 saturated heterocycles. The molecule has 1 aliphatic carbocycles. The van der Waals surface area contributed by atoms with Gasteiger partial charge in [-0.2, -0.15) is 0 Å². The minimum atomic E-state index is -0.0391. The van der Waals surface area contributed by atoms with Crippen LogP contribution in [0.3, 0.4) is 0 Å². The van der Waals surface area contributed by atoms with Crippen LogP contribution < -0.4 is 5.73 Å². The van der Waals surface area contributed by atoms with Crippen LogP contribution in [0.25, 0.3) is 0 Å². The number of carbonyl (C=O) groups excluding carboxylic acids is 1. The fourth-order valence-electron chi connectivity index (χ4n) is 2.27. The van der Waals surface area contributed by atoms with Crippen LogP contribution in [-0.2, 0) is 11.2 Å². The number of nitrogens with two attached hydrogens (primary N) is 1. The van der Waals surface area contributed by atoms with E-state index in [0.29, 0.717) is 18.1 Å². The molecule has 0 spiro atoms. The molecule has 2 nitrogen and oxygen atoms in total. The van der Waals surface area contributed by atoms with Gasteiger partial charge in [-0.1, -0.05) is 31.2 Å². The molecule has 3 unspecified atom stereocenters. The molecule has 0 aliphatic heterocycles. The lowest BCUT2D eigenvalue weighted by molar-refractivity contribution is -0.123. The predicted octanol–water partition coefficient (Wildman–Crippen LogP) is 2.27. The maximum absolute atomic E-state index is 11.9. The third kappa shape index (κ3) is 2.03. The number of hydrogen-bond donors (Lipinski definition) is 1. The molecule has 86 valence electrons. The van der Waals surface area contributed by atoms with E-state index in [0.717, 1.165) is 6.42 Å². The summed E-state index contributed by atoms with van der Waals surface area (Å²) in [5, 5.41) is 0. The zero-order chi connectivity index (χ0) is 11.7. The third-order valence-corrected chi connectivity index (χ3v) is 3.71. The maximum atomic E-state index is 11.9. The zero-order valence-electron chi connectivity index (χ0n) is 9.94. The van der Waals surface area contributed by atoms with Crippen molar-refractivity contribution in [3.05, 3.63) is 35.4 Å². The van der Waals surface area contributed by atoms with Crippen LogP contribution in [0.5, 0.6) is 0 Å². The van der Waals surface area contributed by atoms with Crippen molar-refractivity contribution >= 4 is 5.78 Å². The Morgan fingerprint density at radius 2 is 2.12 bits per heavy atom. The highest BCUT2D eigenvalue weighted by Crippen LogP contribution is 2.37. The van der Waals surface area contributed by atoms with Gasteiger partial charge < -0.3 is 5.73 Å². The Balaban J connectivity index is 1.97. The number of rotatable bonds is 4. The van der Waals surface area contributed by atoms with E-state index in [9.17, 15) is 4.79 Å². The lowest BCUT2D eigenvalue weighted by Crippen LogP contribution is -2.32. The Labute approximate surface area is 96.8 Å². The van der Waals surface area contributed by atoms with Crippen LogP contribution in [0.2, 0.25) is 0 Å². The highest BCUT2D eigenvalue weighted by molar-refractivity contribution is 5.82. The second-order valence-corrected chi connectivity index (χ2v) is 4.92. The zero-order valence-corrected chi connectivity index (χ0v) is 9.94. The van der Waals surface area contributed by atoms with E-state index in [1.54, 1.807) is 0 Å². The minimum absolute atomic E-state index is 0.0206. The predicted molar refractivity (Wildman–Crippen MR) is 65.3 cm³/mol. The summed E-state index contributed by atoms with van der Waals surface area (Å²) in [7, 11) is 0. The fourth-order valence-corrected chi connectivity index (χ4v) is 2.27. The van der Waals surface area contributed by atoms with Crippen molar-refractivity contribution in [3.8, 4) is 0 Å². The molecule has 0 amide bonds. The van der Waals surface area contributed by atoms with Gasteiger partial charge in [-0.15, -0.1) is 0 Å². The first-order valence-electron chi connectivity index (χ1n) is 5.95. The SMILES string of the molecule is CC(N)C(C)C(=O)CC1Cc2ccccc21. The standard InChI is InChI=1S/C14H19NO/c1-9(10(2)15)14(16)8-12-7-11-5-3-4-6-13(11)12/h3-6,9-10,12H,7-8,15H2,1-2H3. The molecule has 0 aromatic heterocycles. The lowest BCUT2D eigenvalue weighted by Gasteiger charge is -2.30. The van der Waals surface area contributed by atoms with Crippen molar-refractivity contribution in [3.63, 3.8) is 0 Å². The number of benzene rings is 1. The average Bonchev–Trinajstić information content (AvgIpc) is 2.24. The number of hydrogen-bond acceptors (Lipinski definition) is 2. The monoisotopic (exact) mass is 217 g/mol. The molecular weight excluding hydrogens is 198 g/mol. The van der Waals surface area contributed by atoms with Crippen LogP contribution in [0.4, 0.5) is 0 Å². The second-order valence-electron chi connectivity index (χ2n) is 4.92. The summed E-state index contributed by atoms with van der Waals surface area (Å²) in [5.41, 5.74) is 8.50. The van der Waals surface area contributed by atoms with E-state index in [4.69, 9.17) is 5.73 Å². The van der Waals surface area contributed by atoms with E-state index in [1.807, 2.05) is 19.9 Å². The van der Waals surface area contributed by atoms with Gasteiger partial charge in [-0.05, 0) is 30.4 Å². The van der Waals surface area contributed by atoms with Gasteiger partial charge in [0.1, 0.15) is 5.78 Å². The topological polar surface area (TPSA) is 43.1 Å². The molecule has 2 heteroatoms. The normalized spacial score (nSPS) is 21.8. The van der Waals surface area contributed by atoms with E-state index in [-0.39, 0.29) is 12.0 Å². The molecule has 3 atom stereocenters. The average molecular weight is 217 g/mol. The highest BCUT2D eigenvalue weighted by atomic mass is 16.1. The van der Waals surface area contributed by atoms with Crippen LogP contribution in [0.1, 0.15) is 37.3 Å². The molecule has 0 bridgehead atoms. The summed E-state index contributed by atoms with van der Waals surface area (Å²) < 4.78 is 0. The Morgan fingerprint density at radius 1 is 1.44 bits per heavy atom. The summed E-state index contributed by atoms with van der Waals surface area (Å²) in [4.78, 5) is 11.9. The lowest BCUT2D eigenvalue weighted by atomic mass is 9.74. The van der Waals surface area contributed by atoms with Gasteiger partial charge in [0.2, 0.25) is 0 Å². The Morgan fingerprint density at radius 3 is 2.75 bits per heavy atom. The molecule has 0 saturated carbocycles. The molecular formula is C14H19NO. The summed E-state index contributed by atoms with van der Waals surface area (Å²) >= 11 is 0. The van der Waals surface area contributed by atoms with Crippen LogP contribution >= 0.6 is 0 Å². The molecule has 2 N–H and O–H groups in total. The molecule has 1 aromatic carbocycles. The van der Waals surface area contributed by atoms with E-state index >= 15 is 0 Å². The van der Waals surface area contributed by atoms with Gasteiger partial charge >= 0.3 is 0 Å². The van der Waals surface area contributed by atoms with Gasteiger partial charge in [-0.25, -0.2) is 0 Å². The Hall–Kier alpha value is -1.15. The van der Waals surface area contributed by atoms with Crippen molar-refractivity contribution in [2.45, 2.75) is 38.6 Å². The molecule has 16 heavy (non-hydrogen) atoms. The van der Waals surface area contributed by atoms with Crippen molar-refractivity contribution in [2.75, 3.05) is 0 Å². The maximum Gasteiger partial charge on any atom is 0.137 e. The van der Waals surface area contributed by atoms with Crippen molar-refractivity contribution in [2.24, 2.45) is 11.7 Å². The summed E-state index contributed by atoms with van der Waals surface area (Å²) in [6, 6.07) is 8.34. The van der Waals surface area contributed by atoms with Gasteiger partial charge in [0.05, 0.1) is 0 Å². The van der Waals surface area contributed by atoms with E-state index in [1.165, 1.54) is 11.1 Å². The fraction of sp³-hybridized carbons (Fsp3) is 0.500. The van der Waals surface area contributed by atoms with E-state index in [2.05, 4.69) is 18.2 Å². The van der Waals surface area contributed by atoms with Crippen molar-refractivity contribution in [1.29, 1.82) is 0 Å². The van der Waals surface area contributed by atoms with Crippen LogP contribution in [-0.4, -0.2) is 11.8 Å². The van der Waals surface area contributed by atoms with Gasteiger partial charge in [-0.3, -0.25) is 4.79 Å². The smallest absolute Gasteiger partial charge is 0.137 e. The highest BCUT2D eigenvalue weighted by Gasteiger charge is 2.29. The van der Waals surface area contributed by atoms with Gasteiger partial charge in [0.15, 0.2) is 0 Å². The first-order chi connectivity index (χ1) is 7.59. The summed E-state index contributed by atoms with van der Waals surface area (Å²) in [5.74, 6) is 0.715. The number of carbonyl (C=O) groups is 1. The van der Waals surface area contributed by atoms with Crippen LogP contribution in [0.15, 0.2) is 24.3 Å². The molecule has 1 aromatic rings. The van der Waals surface area contributed by atoms with Crippen LogP contribution in [0, 0.1) is 5.92 Å². The quantitative estimate of drug-likeness (QED) is 0.840. The number of ketones is 1. The molecule has 1 aliphatic rings. The first kappa shape index (κ1) is 11.3. The van der Waals surface area contributed by atoms with Crippen molar-refractivity contribution in [1.82, 2.24) is 0 Å². The number of fused-ring (bicyclic) bond motifs is 1. The number of Topliss-reactive ketones (excluding diaryl/α,β-unsaturated/α-hetero) is 1. The van der Waals surface area contributed by atoms with Gasteiger partial charge in [0, 0.05) is 18.4 Å². The van der Waals surface area contributed by atoms with Crippen molar-refractivity contribution < 1.29 is 4.79 Å². The van der Waals surface area contributed by atoms with E-state index < -0.39 is 0 Å². The Bertz CT molecular complexity index is 397. The molecule has 2 rings (SSSR count). The Kier molecular flexibility index (Phi) is 3.10. The molecule has 0 fully saturated rings. The minimum Gasteiger partial charge on any atom is -0.327 e. The van der Waals surface area contributed by atoms with Gasteiger partial charge in [0.25, 0.3) is 0 Å². The molecule has 0 radical (unpaired) electrons.